The van der Waals surface area contributed by atoms with E-state index in [1.165, 1.54) is 13.0 Å². The highest BCUT2D eigenvalue weighted by Crippen LogP contribution is 2.01. The molecule has 1 N–H and O–H groups in total. The Balaban J connectivity index is 3.41. The van der Waals surface area contributed by atoms with Crippen LogP contribution in [0.1, 0.15) is 20.3 Å². The first-order valence-electron chi connectivity index (χ1n) is 4.56. The van der Waals surface area contributed by atoms with Crippen LogP contribution in [0.25, 0.3) is 0 Å². The molecule has 0 aromatic heterocycles. The molecule has 2 nitrogen and oxygen atoms in total. The van der Waals surface area contributed by atoms with E-state index in [0.717, 1.165) is 19.0 Å². The summed E-state index contributed by atoms with van der Waals surface area (Å²) < 4.78 is 0. The van der Waals surface area contributed by atoms with Gasteiger partial charge in [-0.15, -0.1) is 0 Å². The van der Waals surface area contributed by atoms with Crippen molar-refractivity contribution in [2.75, 3.05) is 33.7 Å². The molecule has 0 aliphatic rings. The van der Waals surface area contributed by atoms with Gasteiger partial charge in [0.2, 0.25) is 0 Å². The minimum Gasteiger partial charge on any atom is -0.317 e. The summed E-state index contributed by atoms with van der Waals surface area (Å²) in [6, 6.07) is 0. The first kappa shape index (κ1) is 10.9. The molecule has 0 saturated heterocycles. The first-order valence-corrected chi connectivity index (χ1v) is 4.56. The minimum atomic E-state index is 0.810. The maximum Gasteiger partial charge on any atom is 0.00156 e. The van der Waals surface area contributed by atoms with Crippen LogP contribution >= 0.6 is 0 Å². The van der Waals surface area contributed by atoms with Crippen LogP contribution in [0.2, 0.25) is 0 Å². The van der Waals surface area contributed by atoms with E-state index in [-0.39, 0.29) is 0 Å². The standard InChI is InChI=1S/C9H22N2/c1-5-9(7-10-6-2)8-11(3)4/h9-10H,5-8H2,1-4H3. The van der Waals surface area contributed by atoms with E-state index in [1.807, 2.05) is 0 Å². The van der Waals surface area contributed by atoms with Gasteiger partial charge in [0, 0.05) is 6.54 Å². The van der Waals surface area contributed by atoms with Crippen molar-refractivity contribution in [2.24, 2.45) is 5.92 Å². The summed E-state index contributed by atoms with van der Waals surface area (Å²) in [7, 11) is 4.27. The molecule has 0 spiro atoms. The summed E-state index contributed by atoms with van der Waals surface area (Å²) in [4.78, 5) is 2.26. The lowest BCUT2D eigenvalue weighted by molar-refractivity contribution is 0.310. The Morgan fingerprint density at radius 2 is 1.91 bits per heavy atom. The topological polar surface area (TPSA) is 15.3 Å². The van der Waals surface area contributed by atoms with Gasteiger partial charge in [0.1, 0.15) is 0 Å². The summed E-state index contributed by atoms with van der Waals surface area (Å²) in [5.41, 5.74) is 0. The Kier molecular flexibility index (Phi) is 6.57. The fraction of sp³-hybridized carbons (Fsp3) is 1.00. The van der Waals surface area contributed by atoms with Crippen LogP contribution < -0.4 is 5.32 Å². The zero-order valence-electron chi connectivity index (χ0n) is 8.35. The summed E-state index contributed by atoms with van der Waals surface area (Å²) in [6.07, 6.45) is 1.27. The van der Waals surface area contributed by atoms with Gasteiger partial charge in [-0.2, -0.15) is 0 Å². The van der Waals surface area contributed by atoms with E-state index in [2.05, 4.69) is 38.2 Å². The summed E-state index contributed by atoms with van der Waals surface area (Å²) in [5, 5.41) is 3.38. The third-order valence-electron chi connectivity index (χ3n) is 1.88. The smallest absolute Gasteiger partial charge is 0.00156 e. The number of rotatable bonds is 6. The van der Waals surface area contributed by atoms with E-state index < -0.39 is 0 Å². The van der Waals surface area contributed by atoms with Crippen LogP contribution in [0.3, 0.4) is 0 Å². The van der Waals surface area contributed by atoms with Crippen molar-refractivity contribution < 1.29 is 0 Å². The van der Waals surface area contributed by atoms with Crippen LogP contribution in [0.5, 0.6) is 0 Å². The summed E-state index contributed by atoms with van der Waals surface area (Å²) in [5.74, 6) is 0.810. The maximum atomic E-state index is 3.38. The van der Waals surface area contributed by atoms with Gasteiger partial charge < -0.3 is 10.2 Å². The summed E-state index contributed by atoms with van der Waals surface area (Å²) >= 11 is 0. The highest BCUT2D eigenvalue weighted by molar-refractivity contribution is 4.62. The van der Waals surface area contributed by atoms with Crippen LogP contribution in [0.4, 0.5) is 0 Å². The van der Waals surface area contributed by atoms with Crippen molar-refractivity contribution >= 4 is 0 Å². The minimum absolute atomic E-state index is 0.810. The van der Waals surface area contributed by atoms with Crippen molar-refractivity contribution in [3.63, 3.8) is 0 Å². The number of nitrogens with zero attached hydrogens (tertiary/aromatic N) is 1. The van der Waals surface area contributed by atoms with Crippen molar-refractivity contribution in [1.82, 2.24) is 10.2 Å². The van der Waals surface area contributed by atoms with Crippen molar-refractivity contribution in [2.45, 2.75) is 20.3 Å². The molecule has 1 atom stereocenters. The molecule has 0 aromatic rings. The lowest BCUT2D eigenvalue weighted by Crippen LogP contribution is -2.30. The molecule has 1 unspecified atom stereocenters. The predicted octanol–water partition coefficient (Wildman–Crippen LogP) is 1.18. The molecule has 0 heterocycles. The average molecular weight is 158 g/mol. The lowest BCUT2D eigenvalue weighted by Gasteiger charge is -2.19. The quantitative estimate of drug-likeness (QED) is 0.624. The summed E-state index contributed by atoms with van der Waals surface area (Å²) in [6.45, 7) is 7.85. The number of hydrogen-bond acceptors (Lipinski definition) is 2. The second-order valence-electron chi connectivity index (χ2n) is 3.34. The van der Waals surface area contributed by atoms with Gasteiger partial charge in [0.25, 0.3) is 0 Å². The van der Waals surface area contributed by atoms with E-state index in [9.17, 15) is 0 Å². The molecule has 0 aliphatic heterocycles. The SMILES string of the molecule is CCNCC(CC)CN(C)C. The molecule has 0 saturated carbocycles. The Bertz CT molecular complexity index is 81.6. The normalized spacial score (nSPS) is 13.9. The maximum absolute atomic E-state index is 3.38. The van der Waals surface area contributed by atoms with Crippen molar-refractivity contribution in [3.8, 4) is 0 Å². The van der Waals surface area contributed by atoms with Crippen LogP contribution in [0, 0.1) is 5.92 Å². The van der Waals surface area contributed by atoms with Gasteiger partial charge in [-0.25, -0.2) is 0 Å². The van der Waals surface area contributed by atoms with Crippen molar-refractivity contribution in [3.05, 3.63) is 0 Å². The van der Waals surface area contributed by atoms with Crippen molar-refractivity contribution in [1.29, 1.82) is 0 Å². The van der Waals surface area contributed by atoms with Crippen LogP contribution in [-0.2, 0) is 0 Å². The molecular weight excluding hydrogens is 136 g/mol. The van der Waals surface area contributed by atoms with Crippen LogP contribution in [-0.4, -0.2) is 38.6 Å². The predicted molar refractivity (Wildman–Crippen MR) is 50.9 cm³/mol. The zero-order chi connectivity index (χ0) is 8.69. The lowest BCUT2D eigenvalue weighted by atomic mass is 10.1. The van der Waals surface area contributed by atoms with Gasteiger partial charge in [-0.1, -0.05) is 20.3 Å². The Labute approximate surface area is 71.0 Å². The third-order valence-corrected chi connectivity index (χ3v) is 1.88. The Morgan fingerprint density at radius 1 is 1.27 bits per heavy atom. The van der Waals surface area contributed by atoms with E-state index in [1.54, 1.807) is 0 Å². The second-order valence-corrected chi connectivity index (χ2v) is 3.34. The zero-order valence-corrected chi connectivity index (χ0v) is 8.35. The fourth-order valence-corrected chi connectivity index (χ4v) is 1.20. The number of nitrogens with one attached hydrogen (secondary N) is 1. The largest absolute Gasteiger partial charge is 0.317 e. The molecule has 0 bridgehead atoms. The molecule has 68 valence electrons. The first-order chi connectivity index (χ1) is 5.20. The molecule has 2 heteroatoms. The van der Waals surface area contributed by atoms with Gasteiger partial charge in [-0.3, -0.25) is 0 Å². The molecule has 0 radical (unpaired) electrons. The second kappa shape index (κ2) is 6.62. The molecule has 0 aliphatic carbocycles. The highest BCUT2D eigenvalue weighted by atomic mass is 15.1. The Morgan fingerprint density at radius 3 is 2.27 bits per heavy atom. The van der Waals surface area contributed by atoms with E-state index in [0.29, 0.717) is 0 Å². The molecular formula is C9H22N2. The highest BCUT2D eigenvalue weighted by Gasteiger charge is 2.05. The van der Waals surface area contributed by atoms with Gasteiger partial charge >= 0.3 is 0 Å². The van der Waals surface area contributed by atoms with Gasteiger partial charge in [-0.05, 0) is 33.1 Å². The molecule has 0 amide bonds. The van der Waals surface area contributed by atoms with Gasteiger partial charge in [0.15, 0.2) is 0 Å². The molecule has 0 fully saturated rings. The fourth-order valence-electron chi connectivity index (χ4n) is 1.20. The molecule has 0 rings (SSSR count). The average Bonchev–Trinajstić information content (AvgIpc) is 1.97. The van der Waals surface area contributed by atoms with E-state index in [4.69, 9.17) is 0 Å². The van der Waals surface area contributed by atoms with Gasteiger partial charge in [0.05, 0.1) is 0 Å². The molecule has 11 heavy (non-hydrogen) atoms. The number of hydrogen-bond donors (Lipinski definition) is 1. The van der Waals surface area contributed by atoms with Crippen LogP contribution in [0.15, 0.2) is 0 Å². The Hall–Kier alpha value is -0.0800. The van der Waals surface area contributed by atoms with E-state index >= 15 is 0 Å². The monoisotopic (exact) mass is 158 g/mol. The third kappa shape index (κ3) is 6.32. The molecule has 0 aromatic carbocycles.